The predicted octanol–water partition coefficient (Wildman–Crippen LogP) is 4.18. The molecule has 0 bridgehead atoms. The summed E-state index contributed by atoms with van der Waals surface area (Å²) >= 11 is 3.49. The third-order valence-corrected chi connectivity index (χ3v) is 4.07. The van der Waals surface area contributed by atoms with Crippen molar-refractivity contribution in [2.24, 2.45) is 0 Å². The maximum absolute atomic E-state index is 11.7. The van der Waals surface area contributed by atoms with Gasteiger partial charge in [0.25, 0.3) is 0 Å². The van der Waals surface area contributed by atoms with E-state index in [2.05, 4.69) is 21.2 Å². The van der Waals surface area contributed by atoms with Crippen molar-refractivity contribution >= 4 is 32.6 Å². The predicted molar refractivity (Wildman–Crippen MR) is 90.5 cm³/mol. The molecule has 0 fully saturated rings. The Morgan fingerprint density at radius 3 is 2.77 bits per heavy atom. The number of nitrogens with one attached hydrogen (secondary N) is 1. The maximum Gasteiger partial charge on any atom is 0.336 e. The molecule has 0 amide bonds. The minimum absolute atomic E-state index is 0.371. The van der Waals surface area contributed by atoms with Crippen LogP contribution in [0.5, 0.6) is 5.75 Å². The quantitative estimate of drug-likeness (QED) is 0.710. The van der Waals surface area contributed by atoms with Crippen molar-refractivity contribution in [1.29, 1.82) is 0 Å². The van der Waals surface area contributed by atoms with Gasteiger partial charge in [-0.1, -0.05) is 12.1 Å². The van der Waals surface area contributed by atoms with E-state index in [-0.39, 0.29) is 5.63 Å². The molecule has 4 nitrogen and oxygen atoms in total. The Labute approximate surface area is 135 Å². The van der Waals surface area contributed by atoms with Crippen LogP contribution in [0.4, 0.5) is 5.69 Å². The number of hydrogen-bond donors (Lipinski definition) is 1. The van der Waals surface area contributed by atoms with Crippen molar-refractivity contribution in [1.82, 2.24) is 0 Å². The largest absolute Gasteiger partial charge is 0.497 e. The molecule has 2 aromatic carbocycles. The van der Waals surface area contributed by atoms with Crippen LogP contribution in [0.25, 0.3) is 11.0 Å². The van der Waals surface area contributed by atoms with E-state index in [1.807, 2.05) is 36.4 Å². The Balaban J connectivity index is 1.96. The highest BCUT2D eigenvalue weighted by Crippen LogP contribution is 2.25. The summed E-state index contributed by atoms with van der Waals surface area (Å²) in [5, 5.41) is 4.21. The van der Waals surface area contributed by atoms with E-state index >= 15 is 0 Å². The minimum atomic E-state index is -0.371. The SMILES string of the molecule is COc1ccc2c(CNc3ccccc3Br)cc(=O)oc2c1. The van der Waals surface area contributed by atoms with Gasteiger partial charge in [-0.05, 0) is 45.8 Å². The monoisotopic (exact) mass is 359 g/mol. The number of rotatable bonds is 4. The van der Waals surface area contributed by atoms with E-state index < -0.39 is 0 Å². The van der Waals surface area contributed by atoms with Crippen LogP contribution in [0.2, 0.25) is 0 Å². The molecular weight excluding hydrogens is 346 g/mol. The minimum Gasteiger partial charge on any atom is -0.497 e. The standard InChI is InChI=1S/C17H14BrNO3/c1-21-12-6-7-13-11(8-17(20)22-16(13)9-12)10-19-15-5-3-2-4-14(15)18/h2-9,19H,10H2,1H3. The number of methoxy groups -OCH3 is 1. The topological polar surface area (TPSA) is 51.5 Å². The van der Waals surface area contributed by atoms with Crippen LogP contribution in [0.15, 0.2) is 62.2 Å². The Bertz CT molecular complexity index is 873. The number of ether oxygens (including phenoxy) is 1. The van der Waals surface area contributed by atoms with Crippen molar-refractivity contribution in [3.05, 3.63) is 69.0 Å². The summed E-state index contributed by atoms with van der Waals surface area (Å²) in [6.45, 7) is 0.525. The average molecular weight is 360 g/mol. The second kappa shape index (κ2) is 6.23. The lowest BCUT2D eigenvalue weighted by atomic mass is 10.1. The highest BCUT2D eigenvalue weighted by Gasteiger charge is 2.07. The van der Waals surface area contributed by atoms with E-state index in [9.17, 15) is 4.79 Å². The van der Waals surface area contributed by atoms with Gasteiger partial charge in [-0.3, -0.25) is 0 Å². The summed E-state index contributed by atoms with van der Waals surface area (Å²) in [4.78, 5) is 11.7. The van der Waals surface area contributed by atoms with Crippen LogP contribution < -0.4 is 15.7 Å². The third kappa shape index (κ3) is 2.99. The molecule has 0 unspecified atom stereocenters. The van der Waals surface area contributed by atoms with Crippen LogP contribution >= 0.6 is 15.9 Å². The van der Waals surface area contributed by atoms with Gasteiger partial charge in [-0.25, -0.2) is 4.79 Å². The molecule has 22 heavy (non-hydrogen) atoms. The van der Waals surface area contributed by atoms with Gasteiger partial charge in [0, 0.05) is 34.2 Å². The fraction of sp³-hybridized carbons (Fsp3) is 0.118. The van der Waals surface area contributed by atoms with Gasteiger partial charge in [0.15, 0.2) is 0 Å². The van der Waals surface area contributed by atoms with Crippen LogP contribution in [-0.4, -0.2) is 7.11 Å². The fourth-order valence-electron chi connectivity index (χ4n) is 2.28. The van der Waals surface area contributed by atoms with E-state index in [0.29, 0.717) is 17.9 Å². The molecule has 1 heterocycles. The van der Waals surface area contributed by atoms with Crippen LogP contribution in [0, 0.1) is 0 Å². The Kier molecular flexibility index (Phi) is 4.15. The van der Waals surface area contributed by atoms with Gasteiger partial charge in [0.05, 0.1) is 7.11 Å². The summed E-state index contributed by atoms with van der Waals surface area (Å²) in [6, 6.07) is 14.8. The second-order valence-electron chi connectivity index (χ2n) is 4.79. The zero-order chi connectivity index (χ0) is 15.5. The van der Waals surface area contributed by atoms with E-state index in [0.717, 1.165) is 21.1 Å². The van der Waals surface area contributed by atoms with E-state index in [1.165, 1.54) is 6.07 Å². The number of anilines is 1. The molecular formula is C17H14BrNO3. The van der Waals surface area contributed by atoms with Crippen LogP contribution in [0.3, 0.4) is 0 Å². The highest BCUT2D eigenvalue weighted by atomic mass is 79.9. The number of para-hydroxylation sites is 1. The van der Waals surface area contributed by atoms with Crippen LogP contribution in [-0.2, 0) is 6.54 Å². The molecule has 112 valence electrons. The van der Waals surface area contributed by atoms with Crippen molar-refractivity contribution in [3.63, 3.8) is 0 Å². The first-order valence-electron chi connectivity index (χ1n) is 6.76. The molecule has 3 rings (SSSR count). The first-order chi connectivity index (χ1) is 10.7. The summed E-state index contributed by atoms with van der Waals surface area (Å²) < 4.78 is 11.4. The maximum atomic E-state index is 11.7. The molecule has 1 aromatic heterocycles. The first kappa shape index (κ1) is 14.7. The molecule has 0 radical (unpaired) electrons. The van der Waals surface area contributed by atoms with Gasteiger partial charge < -0.3 is 14.5 Å². The normalized spacial score (nSPS) is 10.6. The Morgan fingerprint density at radius 2 is 2.00 bits per heavy atom. The lowest BCUT2D eigenvalue weighted by Gasteiger charge is -2.10. The van der Waals surface area contributed by atoms with Gasteiger partial charge in [0.2, 0.25) is 0 Å². The zero-order valence-corrected chi connectivity index (χ0v) is 13.5. The summed E-state index contributed by atoms with van der Waals surface area (Å²) in [7, 11) is 1.58. The van der Waals surface area contributed by atoms with Gasteiger partial charge in [-0.2, -0.15) is 0 Å². The summed E-state index contributed by atoms with van der Waals surface area (Å²) in [6.07, 6.45) is 0. The molecule has 0 saturated carbocycles. The highest BCUT2D eigenvalue weighted by molar-refractivity contribution is 9.10. The molecule has 0 aliphatic rings. The van der Waals surface area contributed by atoms with Crippen molar-refractivity contribution < 1.29 is 9.15 Å². The molecule has 0 spiro atoms. The van der Waals surface area contributed by atoms with Gasteiger partial charge >= 0.3 is 5.63 Å². The molecule has 0 saturated heterocycles. The van der Waals surface area contributed by atoms with Crippen molar-refractivity contribution in [2.75, 3.05) is 12.4 Å². The van der Waals surface area contributed by atoms with E-state index in [1.54, 1.807) is 13.2 Å². The third-order valence-electron chi connectivity index (χ3n) is 3.38. The van der Waals surface area contributed by atoms with Crippen molar-refractivity contribution in [3.8, 4) is 5.75 Å². The van der Waals surface area contributed by atoms with Gasteiger partial charge in [0.1, 0.15) is 11.3 Å². The number of fused-ring (bicyclic) bond motifs is 1. The molecule has 1 N–H and O–H groups in total. The number of halogens is 1. The summed E-state index contributed by atoms with van der Waals surface area (Å²) in [5.41, 5.74) is 2.00. The first-order valence-corrected chi connectivity index (χ1v) is 7.56. The molecule has 0 aliphatic carbocycles. The molecule has 3 aromatic rings. The summed E-state index contributed by atoms with van der Waals surface area (Å²) in [5.74, 6) is 0.659. The zero-order valence-electron chi connectivity index (χ0n) is 11.9. The Hall–Kier alpha value is -2.27. The molecule has 0 aliphatic heterocycles. The van der Waals surface area contributed by atoms with Crippen molar-refractivity contribution in [2.45, 2.75) is 6.54 Å². The van der Waals surface area contributed by atoms with Crippen LogP contribution in [0.1, 0.15) is 5.56 Å². The smallest absolute Gasteiger partial charge is 0.336 e. The number of hydrogen-bond acceptors (Lipinski definition) is 4. The lowest BCUT2D eigenvalue weighted by Crippen LogP contribution is -2.06. The number of benzene rings is 2. The van der Waals surface area contributed by atoms with E-state index in [4.69, 9.17) is 9.15 Å². The fourth-order valence-corrected chi connectivity index (χ4v) is 2.70. The van der Waals surface area contributed by atoms with Gasteiger partial charge in [-0.15, -0.1) is 0 Å². The molecule has 5 heteroatoms. The Morgan fingerprint density at radius 1 is 1.18 bits per heavy atom. The molecule has 0 atom stereocenters. The lowest BCUT2D eigenvalue weighted by molar-refractivity contribution is 0.414. The second-order valence-corrected chi connectivity index (χ2v) is 5.64. The average Bonchev–Trinajstić information content (AvgIpc) is 2.53.